The predicted molar refractivity (Wildman–Crippen MR) is 101 cm³/mol. The lowest BCUT2D eigenvalue weighted by Crippen LogP contribution is -2.53. The molecule has 1 saturated heterocycles. The number of aryl methyl sites for hydroxylation is 1. The summed E-state index contributed by atoms with van der Waals surface area (Å²) in [6, 6.07) is 6.51. The molecule has 2 aromatic rings. The second-order valence-corrected chi connectivity index (χ2v) is 6.71. The summed E-state index contributed by atoms with van der Waals surface area (Å²) in [7, 11) is 0. The fourth-order valence-corrected chi connectivity index (χ4v) is 3.21. The average Bonchev–Trinajstić information content (AvgIpc) is 3.26. The van der Waals surface area contributed by atoms with Crippen LogP contribution in [0.3, 0.4) is 0 Å². The van der Waals surface area contributed by atoms with Gasteiger partial charge in [-0.3, -0.25) is 15.4 Å². The first kappa shape index (κ1) is 18.1. The van der Waals surface area contributed by atoms with Gasteiger partial charge >= 0.3 is 6.03 Å². The van der Waals surface area contributed by atoms with E-state index >= 15 is 0 Å². The number of ether oxygens (including phenoxy) is 2. The van der Waals surface area contributed by atoms with Gasteiger partial charge in [-0.05, 0) is 25.5 Å². The zero-order chi connectivity index (χ0) is 19.7. The summed E-state index contributed by atoms with van der Waals surface area (Å²) in [5, 5.41) is 16.1. The van der Waals surface area contributed by atoms with Crippen LogP contribution in [-0.4, -0.2) is 34.6 Å². The SMILES string of the molecule is CCC1CC(=O)NC(n2nc(C)cc2NC(=O)Nc2ccc3c(c2)OCO3)N1. The van der Waals surface area contributed by atoms with Gasteiger partial charge in [0, 0.05) is 30.3 Å². The maximum Gasteiger partial charge on any atom is 0.324 e. The third kappa shape index (κ3) is 3.72. The highest BCUT2D eigenvalue weighted by atomic mass is 16.7. The first-order chi connectivity index (χ1) is 13.5. The Morgan fingerprint density at radius 1 is 1.29 bits per heavy atom. The lowest BCUT2D eigenvalue weighted by atomic mass is 10.1. The number of carbonyl (C=O) groups is 2. The molecule has 2 aliphatic rings. The van der Waals surface area contributed by atoms with Crippen LogP contribution in [0.5, 0.6) is 11.5 Å². The third-order valence-electron chi connectivity index (χ3n) is 4.59. The molecule has 148 valence electrons. The quantitative estimate of drug-likeness (QED) is 0.637. The van der Waals surface area contributed by atoms with Crippen molar-refractivity contribution >= 4 is 23.4 Å². The molecular weight excluding hydrogens is 364 g/mol. The maximum atomic E-state index is 12.5. The van der Waals surface area contributed by atoms with Gasteiger partial charge in [0.1, 0.15) is 5.82 Å². The highest BCUT2D eigenvalue weighted by Gasteiger charge is 2.28. The topological polar surface area (TPSA) is 119 Å². The minimum atomic E-state index is -0.527. The summed E-state index contributed by atoms with van der Waals surface area (Å²) in [5.41, 5.74) is 1.28. The van der Waals surface area contributed by atoms with Crippen molar-refractivity contribution in [2.24, 2.45) is 0 Å². The fraction of sp³-hybridized carbons (Fsp3) is 0.389. The molecule has 10 heteroatoms. The number of anilines is 2. The Balaban J connectivity index is 1.47. The zero-order valence-electron chi connectivity index (χ0n) is 15.6. The molecule has 1 aromatic carbocycles. The van der Waals surface area contributed by atoms with E-state index in [4.69, 9.17) is 9.47 Å². The standard InChI is InChI=1S/C18H22N6O4/c1-3-11-8-16(25)22-17(19-11)24-15(6-10(2)23-24)21-18(26)20-12-4-5-13-14(7-12)28-9-27-13/h4-7,11,17,19H,3,8-9H2,1-2H3,(H,22,25)(H2,20,21,26). The molecular formula is C18H22N6O4. The van der Waals surface area contributed by atoms with Crippen LogP contribution in [0.15, 0.2) is 24.3 Å². The van der Waals surface area contributed by atoms with E-state index in [9.17, 15) is 9.59 Å². The van der Waals surface area contributed by atoms with Crippen LogP contribution in [0.25, 0.3) is 0 Å². The number of nitrogens with one attached hydrogen (secondary N) is 4. The molecule has 1 fully saturated rings. The van der Waals surface area contributed by atoms with E-state index in [1.54, 1.807) is 28.9 Å². The van der Waals surface area contributed by atoms with Gasteiger partial charge in [-0.15, -0.1) is 0 Å². The Morgan fingerprint density at radius 2 is 2.11 bits per heavy atom. The van der Waals surface area contributed by atoms with Crippen molar-refractivity contribution in [1.29, 1.82) is 0 Å². The van der Waals surface area contributed by atoms with E-state index in [2.05, 4.69) is 26.4 Å². The van der Waals surface area contributed by atoms with Crippen molar-refractivity contribution in [3.63, 3.8) is 0 Å². The Bertz CT molecular complexity index is 911. The summed E-state index contributed by atoms with van der Waals surface area (Å²) in [4.78, 5) is 24.4. The lowest BCUT2D eigenvalue weighted by Gasteiger charge is -2.31. The van der Waals surface area contributed by atoms with Crippen LogP contribution in [0.1, 0.15) is 31.7 Å². The normalized spacial score (nSPS) is 20.6. The van der Waals surface area contributed by atoms with Gasteiger partial charge in [0.25, 0.3) is 0 Å². The number of aromatic nitrogens is 2. The molecule has 3 amide bonds. The molecule has 0 spiro atoms. The molecule has 3 heterocycles. The number of fused-ring (bicyclic) bond motifs is 1. The number of hydrogen-bond donors (Lipinski definition) is 4. The van der Waals surface area contributed by atoms with Crippen LogP contribution >= 0.6 is 0 Å². The molecule has 1 aromatic heterocycles. The smallest absolute Gasteiger partial charge is 0.324 e. The highest BCUT2D eigenvalue weighted by Crippen LogP contribution is 2.34. The van der Waals surface area contributed by atoms with Gasteiger partial charge < -0.3 is 20.1 Å². The molecule has 4 rings (SSSR count). The minimum Gasteiger partial charge on any atom is -0.454 e. The fourth-order valence-electron chi connectivity index (χ4n) is 3.21. The molecule has 4 N–H and O–H groups in total. The summed E-state index contributed by atoms with van der Waals surface area (Å²) in [5.74, 6) is 1.63. The summed E-state index contributed by atoms with van der Waals surface area (Å²) in [6.07, 6.45) is 0.707. The molecule has 0 saturated carbocycles. The monoisotopic (exact) mass is 386 g/mol. The Labute approximate surface area is 161 Å². The molecule has 10 nitrogen and oxygen atoms in total. The summed E-state index contributed by atoms with van der Waals surface area (Å²) in [6.45, 7) is 4.00. The zero-order valence-corrected chi connectivity index (χ0v) is 15.6. The number of amides is 3. The largest absolute Gasteiger partial charge is 0.454 e. The van der Waals surface area contributed by atoms with Crippen molar-refractivity contribution in [3.8, 4) is 11.5 Å². The molecule has 2 aliphatic heterocycles. The minimum absolute atomic E-state index is 0.0542. The van der Waals surface area contributed by atoms with Gasteiger partial charge in [0.05, 0.1) is 5.69 Å². The van der Waals surface area contributed by atoms with Crippen molar-refractivity contribution in [2.75, 3.05) is 17.4 Å². The van der Waals surface area contributed by atoms with Gasteiger partial charge in [0.2, 0.25) is 12.7 Å². The number of nitrogens with zero attached hydrogens (tertiary/aromatic N) is 2. The molecule has 0 radical (unpaired) electrons. The Kier molecular flexibility index (Phi) is 4.78. The predicted octanol–water partition coefficient (Wildman–Crippen LogP) is 1.91. The first-order valence-corrected chi connectivity index (χ1v) is 9.11. The van der Waals surface area contributed by atoms with Crippen LogP contribution in [0.4, 0.5) is 16.3 Å². The molecule has 0 bridgehead atoms. The van der Waals surface area contributed by atoms with E-state index in [1.807, 2.05) is 13.8 Å². The van der Waals surface area contributed by atoms with Crippen LogP contribution in [0, 0.1) is 6.92 Å². The number of carbonyl (C=O) groups excluding carboxylic acids is 2. The van der Waals surface area contributed by atoms with Gasteiger partial charge in [0.15, 0.2) is 17.8 Å². The van der Waals surface area contributed by atoms with Crippen molar-refractivity contribution in [2.45, 2.75) is 39.0 Å². The number of rotatable bonds is 4. The maximum absolute atomic E-state index is 12.5. The average molecular weight is 386 g/mol. The van der Waals surface area contributed by atoms with E-state index in [1.165, 1.54) is 0 Å². The van der Waals surface area contributed by atoms with E-state index < -0.39 is 12.3 Å². The van der Waals surface area contributed by atoms with Gasteiger partial charge in [-0.1, -0.05) is 6.92 Å². The number of urea groups is 1. The molecule has 2 atom stereocenters. The number of hydrogen-bond acceptors (Lipinski definition) is 6. The van der Waals surface area contributed by atoms with E-state index in [0.29, 0.717) is 35.1 Å². The van der Waals surface area contributed by atoms with Crippen molar-refractivity contribution < 1.29 is 19.1 Å². The Hall–Kier alpha value is -3.27. The molecule has 28 heavy (non-hydrogen) atoms. The van der Waals surface area contributed by atoms with Crippen LogP contribution < -0.4 is 30.7 Å². The van der Waals surface area contributed by atoms with Crippen molar-refractivity contribution in [3.05, 3.63) is 30.0 Å². The highest BCUT2D eigenvalue weighted by molar-refractivity contribution is 5.99. The lowest BCUT2D eigenvalue weighted by molar-refractivity contribution is -0.125. The van der Waals surface area contributed by atoms with Gasteiger partial charge in [-0.25, -0.2) is 9.48 Å². The molecule has 0 aliphatic carbocycles. The first-order valence-electron chi connectivity index (χ1n) is 9.11. The summed E-state index contributed by atoms with van der Waals surface area (Å²) < 4.78 is 12.1. The molecule has 2 unspecified atom stereocenters. The summed E-state index contributed by atoms with van der Waals surface area (Å²) >= 11 is 0. The van der Waals surface area contributed by atoms with Crippen LogP contribution in [0.2, 0.25) is 0 Å². The van der Waals surface area contributed by atoms with E-state index in [-0.39, 0.29) is 18.7 Å². The Morgan fingerprint density at radius 3 is 2.93 bits per heavy atom. The number of benzene rings is 1. The second kappa shape index (κ2) is 7.39. The van der Waals surface area contributed by atoms with Crippen molar-refractivity contribution in [1.82, 2.24) is 20.4 Å². The van der Waals surface area contributed by atoms with Crippen LogP contribution in [-0.2, 0) is 4.79 Å². The second-order valence-electron chi connectivity index (χ2n) is 6.71. The van der Waals surface area contributed by atoms with Gasteiger partial charge in [-0.2, -0.15) is 5.10 Å². The van der Waals surface area contributed by atoms with E-state index in [0.717, 1.165) is 6.42 Å². The third-order valence-corrected chi connectivity index (χ3v) is 4.59.